The van der Waals surface area contributed by atoms with Gasteiger partial charge in [0.1, 0.15) is 0 Å². The number of alkyl halides is 3. The Morgan fingerprint density at radius 2 is 1.79 bits per heavy atom. The van der Waals surface area contributed by atoms with E-state index in [-0.39, 0.29) is 18.4 Å². The van der Waals surface area contributed by atoms with Crippen molar-refractivity contribution in [3.8, 4) is 5.69 Å². The number of nitrogens with zero attached hydrogens (tertiary/aromatic N) is 3. The molecular weight excluding hydrogens is 511 g/mol. The number of aromatic nitrogens is 2. The summed E-state index contributed by atoms with van der Waals surface area (Å²) in [5.41, 5.74) is 1.79. The van der Waals surface area contributed by atoms with E-state index in [2.05, 4.69) is 15.6 Å². The first kappa shape index (κ1) is 25.5. The molecule has 1 aliphatic heterocycles. The largest absolute Gasteiger partial charge is 0.416 e. The van der Waals surface area contributed by atoms with Gasteiger partial charge in [0.05, 0.1) is 23.3 Å². The van der Waals surface area contributed by atoms with Gasteiger partial charge in [-0.15, -0.1) is 0 Å². The van der Waals surface area contributed by atoms with Crippen molar-refractivity contribution in [2.24, 2.45) is 0 Å². The Morgan fingerprint density at radius 1 is 1.00 bits per heavy atom. The first-order chi connectivity index (χ1) is 18.3. The first-order valence-corrected chi connectivity index (χ1v) is 12.4. The number of amides is 1. The van der Waals surface area contributed by atoms with Crippen LogP contribution in [0.15, 0.2) is 97.3 Å². The fraction of sp³-hybridized carbons (Fsp3) is 0.179. The number of thiocarbonyl (C=S) groups is 1. The second kappa shape index (κ2) is 10.7. The van der Waals surface area contributed by atoms with E-state index in [1.165, 1.54) is 6.07 Å². The molecular formula is C28H24F3N5OS. The van der Waals surface area contributed by atoms with Crippen LogP contribution in [0.1, 0.15) is 35.5 Å². The lowest BCUT2D eigenvalue weighted by Gasteiger charge is -2.29. The maximum atomic E-state index is 13.4. The molecule has 194 valence electrons. The molecule has 0 spiro atoms. The number of carbonyl (C=O) groups excluding carboxylic acids is 1. The van der Waals surface area contributed by atoms with Crippen molar-refractivity contribution in [3.05, 3.63) is 114 Å². The van der Waals surface area contributed by atoms with Gasteiger partial charge in [0.15, 0.2) is 5.11 Å². The van der Waals surface area contributed by atoms with Gasteiger partial charge in [0.25, 0.3) is 0 Å². The summed E-state index contributed by atoms with van der Waals surface area (Å²) in [6.07, 6.45) is -0.901. The van der Waals surface area contributed by atoms with Crippen molar-refractivity contribution in [3.63, 3.8) is 0 Å². The summed E-state index contributed by atoms with van der Waals surface area (Å²) in [6.45, 7) is 0.298. The average Bonchev–Trinajstić information content (AvgIpc) is 3.52. The maximum absolute atomic E-state index is 13.4. The molecule has 2 aromatic carbocycles. The molecule has 10 heteroatoms. The molecule has 5 rings (SSSR count). The van der Waals surface area contributed by atoms with Crippen LogP contribution in [-0.4, -0.2) is 32.0 Å². The molecule has 3 heterocycles. The summed E-state index contributed by atoms with van der Waals surface area (Å²) in [6, 6.07) is 22.7. The molecule has 1 saturated heterocycles. The summed E-state index contributed by atoms with van der Waals surface area (Å²) >= 11 is 5.68. The van der Waals surface area contributed by atoms with Gasteiger partial charge in [-0.1, -0.05) is 30.3 Å². The van der Waals surface area contributed by atoms with Gasteiger partial charge < -0.3 is 20.1 Å². The Kier molecular flexibility index (Phi) is 7.15. The third kappa shape index (κ3) is 5.40. The summed E-state index contributed by atoms with van der Waals surface area (Å²) in [5, 5.41) is 6.63. The molecule has 2 aromatic heterocycles. The Balaban J connectivity index is 1.47. The average molecular weight is 536 g/mol. The van der Waals surface area contributed by atoms with Gasteiger partial charge in [0, 0.05) is 42.4 Å². The Bertz CT molecular complexity index is 1430. The third-order valence-electron chi connectivity index (χ3n) is 6.37. The maximum Gasteiger partial charge on any atom is 0.416 e. The molecule has 0 saturated carbocycles. The molecule has 4 aromatic rings. The molecule has 38 heavy (non-hydrogen) atoms. The van der Waals surface area contributed by atoms with Crippen LogP contribution in [0.3, 0.4) is 0 Å². The van der Waals surface area contributed by atoms with Crippen LogP contribution in [0.5, 0.6) is 0 Å². The predicted molar refractivity (Wildman–Crippen MR) is 143 cm³/mol. The number of nitrogens with one attached hydrogen (secondary N) is 2. The van der Waals surface area contributed by atoms with Crippen molar-refractivity contribution in [2.75, 3.05) is 11.9 Å². The van der Waals surface area contributed by atoms with Gasteiger partial charge in [0.2, 0.25) is 5.91 Å². The summed E-state index contributed by atoms with van der Waals surface area (Å²) in [5.74, 6) is -0.174. The van der Waals surface area contributed by atoms with Crippen LogP contribution < -0.4 is 10.6 Å². The number of pyridine rings is 1. The van der Waals surface area contributed by atoms with E-state index >= 15 is 0 Å². The smallest absolute Gasteiger partial charge is 0.352 e. The van der Waals surface area contributed by atoms with Crippen LogP contribution >= 0.6 is 12.2 Å². The van der Waals surface area contributed by atoms with Crippen molar-refractivity contribution < 1.29 is 18.0 Å². The van der Waals surface area contributed by atoms with Crippen LogP contribution in [0, 0.1) is 0 Å². The highest BCUT2D eigenvalue weighted by atomic mass is 32.1. The van der Waals surface area contributed by atoms with Gasteiger partial charge in [-0.25, -0.2) is 0 Å². The van der Waals surface area contributed by atoms with E-state index in [0.29, 0.717) is 23.0 Å². The van der Waals surface area contributed by atoms with E-state index in [9.17, 15) is 18.0 Å². The minimum absolute atomic E-state index is 0.159. The van der Waals surface area contributed by atoms with Crippen LogP contribution in [0.25, 0.3) is 5.69 Å². The fourth-order valence-electron chi connectivity index (χ4n) is 4.64. The number of para-hydroxylation sites is 1. The minimum Gasteiger partial charge on any atom is -0.352 e. The lowest BCUT2D eigenvalue weighted by Crippen LogP contribution is -2.33. The molecule has 6 nitrogen and oxygen atoms in total. The van der Waals surface area contributed by atoms with Crippen molar-refractivity contribution in [2.45, 2.75) is 24.7 Å². The Hall–Kier alpha value is -4.18. The predicted octanol–water partition coefficient (Wildman–Crippen LogP) is 5.89. The normalized spacial score (nSPS) is 17.3. The van der Waals surface area contributed by atoms with E-state index in [0.717, 1.165) is 23.5 Å². The number of hydrogen-bond donors (Lipinski definition) is 2. The first-order valence-electron chi connectivity index (χ1n) is 12.0. The zero-order valence-electron chi connectivity index (χ0n) is 20.1. The molecule has 0 unspecified atom stereocenters. The zero-order chi connectivity index (χ0) is 26.7. The number of anilines is 1. The molecule has 0 aliphatic carbocycles. The summed E-state index contributed by atoms with van der Waals surface area (Å²) < 4.78 is 42.1. The van der Waals surface area contributed by atoms with E-state index in [1.807, 2.05) is 59.5 Å². The number of hydrogen-bond acceptors (Lipinski definition) is 3. The highest BCUT2D eigenvalue weighted by Crippen LogP contribution is 2.40. The third-order valence-corrected chi connectivity index (χ3v) is 6.72. The molecule has 0 radical (unpaired) electrons. The highest BCUT2D eigenvalue weighted by Gasteiger charge is 2.41. The Labute approximate surface area is 223 Å². The van der Waals surface area contributed by atoms with Crippen LogP contribution in [0.2, 0.25) is 0 Å². The van der Waals surface area contributed by atoms with E-state index in [4.69, 9.17) is 12.2 Å². The second-order valence-corrected chi connectivity index (χ2v) is 9.22. The zero-order valence-corrected chi connectivity index (χ0v) is 20.9. The molecule has 1 aliphatic rings. The van der Waals surface area contributed by atoms with Gasteiger partial charge in [-0.3, -0.25) is 9.78 Å². The quantitative estimate of drug-likeness (QED) is 0.289. The lowest BCUT2D eigenvalue weighted by atomic mass is 10.0. The molecule has 1 fully saturated rings. The fourth-order valence-corrected chi connectivity index (χ4v) is 4.97. The van der Waals surface area contributed by atoms with E-state index < -0.39 is 17.8 Å². The molecule has 1 amide bonds. The number of halogens is 3. The highest BCUT2D eigenvalue weighted by molar-refractivity contribution is 7.80. The molecule has 0 bridgehead atoms. The monoisotopic (exact) mass is 535 g/mol. The standard InChI is InChI=1S/C28H24F3N5OS/c29-28(30,31)19-8-6-11-21(18-19)35-16-7-13-23(35)26-25(22-12-4-5-15-32-22)34-27(38)36(26)17-14-24(37)33-20-9-2-1-3-10-20/h1-13,15-16,18,25-26H,14,17H2,(H,33,37)(H,34,38)/t25-,26-/m0/s1. The second-order valence-electron chi connectivity index (χ2n) is 8.84. The van der Waals surface area contributed by atoms with E-state index in [1.54, 1.807) is 29.1 Å². The number of benzene rings is 2. The summed E-state index contributed by atoms with van der Waals surface area (Å²) in [7, 11) is 0. The van der Waals surface area contributed by atoms with Gasteiger partial charge in [-0.05, 0) is 66.8 Å². The van der Waals surface area contributed by atoms with Gasteiger partial charge in [-0.2, -0.15) is 13.2 Å². The van der Waals surface area contributed by atoms with Crippen LogP contribution in [0.4, 0.5) is 18.9 Å². The van der Waals surface area contributed by atoms with Crippen molar-refractivity contribution >= 4 is 28.9 Å². The lowest BCUT2D eigenvalue weighted by molar-refractivity contribution is -0.137. The Morgan fingerprint density at radius 3 is 2.53 bits per heavy atom. The molecule has 2 atom stereocenters. The number of rotatable bonds is 7. The van der Waals surface area contributed by atoms with Gasteiger partial charge >= 0.3 is 6.18 Å². The summed E-state index contributed by atoms with van der Waals surface area (Å²) in [4.78, 5) is 19.1. The van der Waals surface area contributed by atoms with Crippen LogP contribution in [-0.2, 0) is 11.0 Å². The molecule has 2 N–H and O–H groups in total. The topological polar surface area (TPSA) is 62.2 Å². The van der Waals surface area contributed by atoms with Crippen molar-refractivity contribution in [1.82, 2.24) is 19.8 Å². The SMILES string of the molecule is O=C(CCN1C(=S)N[C@@H](c2ccccn2)[C@@H]1c1cccn1-c1cccc(C(F)(F)F)c1)Nc1ccccc1. The number of carbonyl (C=O) groups is 1. The van der Waals surface area contributed by atoms with Crippen molar-refractivity contribution in [1.29, 1.82) is 0 Å². The minimum atomic E-state index is -4.46.